The van der Waals surface area contributed by atoms with Crippen LogP contribution in [0.5, 0.6) is 0 Å². The second kappa shape index (κ2) is 7.45. The summed E-state index contributed by atoms with van der Waals surface area (Å²) in [5.74, 6) is 0.692. The number of nitrogens with one attached hydrogen (secondary N) is 1. The number of sulfone groups is 1. The molecule has 1 aromatic carbocycles. The van der Waals surface area contributed by atoms with E-state index in [9.17, 15) is 13.2 Å². The average molecular weight is 373 g/mol. The van der Waals surface area contributed by atoms with Gasteiger partial charge in [0.2, 0.25) is 0 Å². The van der Waals surface area contributed by atoms with Crippen molar-refractivity contribution in [1.29, 1.82) is 0 Å². The van der Waals surface area contributed by atoms with Gasteiger partial charge in [0.25, 0.3) is 5.91 Å². The zero-order valence-electron chi connectivity index (χ0n) is 15.0. The van der Waals surface area contributed by atoms with Crippen molar-refractivity contribution in [3.63, 3.8) is 0 Å². The molecule has 1 fully saturated rings. The molecule has 7 heteroatoms. The number of aromatic nitrogens is 1. The highest BCUT2D eigenvalue weighted by Crippen LogP contribution is 2.24. The minimum absolute atomic E-state index is 0.0143. The maximum atomic E-state index is 12.3. The molecule has 1 atom stereocenters. The van der Waals surface area contributed by atoms with Crippen LogP contribution in [-0.4, -0.2) is 43.4 Å². The highest BCUT2D eigenvalue weighted by molar-refractivity contribution is 7.91. The lowest BCUT2D eigenvalue weighted by Gasteiger charge is -2.28. The van der Waals surface area contributed by atoms with E-state index < -0.39 is 9.84 Å². The maximum Gasteiger partial charge on any atom is 0.256 e. The zero-order valence-corrected chi connectivity index (χ0v) is 15.8. The van der Waals surface area contributed by atoms with Gasteiger partial charge >= 0.3 is 0 Å². The van der Waals surface area contributed by atoms with Gasteiger partial charge in [-0.05, 0) is 44.5 Å². The van der Waals surface area contributed by atoms with E-state index in [1.165, 1.54) is 0 Å². The van der Waals surface area contributed by atoms with Gasteiger partial charge in [0.05, 0.1) is 23.4 Å². The number of benzene rings is 1. The highest BCUT2D eigenvalue weighted by Gasteiger charge is 2.31. The van der Waals surface area contributed by atoms with Crippen molar-refractivity contribution in [1.82, 2.24) is 4.98 Å². The van der Waals surface area contributed by atoms with Crippen LogP contribution in [0.15, 0.2) is 42.6 Å². The fraction of sp³-hybridized carbons (Fsp3) is 0.368. The predicted molar refractivity (Wildman–Crippen MR) is 103 cm³/mol. The first-order chi connectivity index (χ1) is 12.4. The largest absolute Gasteiger partial charge is 0.367 e. The number of rotatable bonds is 5. The van der Waals surface area contributed by atoms with Gasteiger partial charge in [-0.15, -0.1) is 0 Å². The summed E-state index contributed by atoms with van der Waals surface area (Å²) in [6.45, 7) is 4.64. The molecule has 1 aromatic heterocycles. The monoisotopic (exact) mass is 373 g/mol. The standard InChI is InChI=1S/C19H23N3O3S/c1-3-22(17-9-10-26(24,25)13-17)16-7-8-18(20-12-16)21-19(23)15-6-4-5-14(2)11-15/h4-8,11-12,17H,3,9-10,13H2,1-2H3,(H,20,21,23). The van der Waals surface area contributed by atoms with Gasteiger partial charge in [-0.1, -0.05) is 17.7 Å². The molecule has 0 saturated carbocycles. The number of carbonyl (C=O) groups is 1. The second-order valence-corrected chi connectivity index (χ2v) is 8.80. The van der Waals surface area contributed by atoms with Crippen LogP contribution in [0.4, 0.5) is 11.5 Å². The van der Waals surface area contributed by atoms with Crippen molar-refractivity contribution in [3.05, 3.63) is 53.7 Å². The van der Waals surface area contributed by atoms with Gasteiger partial charge in [-0.25, -0.2) is 13.4 Å². The SMILES string of the molecule is CCN(c1ccc(NC(=O)c2cccc(C)c2)nc1)C1CCS(=O)(=O)C1. The molecule has 1 N–H and O–H groups in total. The van der Waals surface area contributed by atoms with E-state index in [0.717, 1.165) is 11.3 Å². The molecule has 1 aliphatic rings. The lowest BCUT2D eigenvalue weighted by atomic mass is 10.1. The third-order valence-corrected chi connectivity index (χ3v) is 6.34. The number of pyridine rings is 1. The zero-order chi connectivity index (χ0) is 18.7. The number of amides is 1. The fourth-order valence-corrected chi connectivity index (χ4v) is 5.01. The molecule has 6 nitrogen and oxygen atoms in total. The van der Waals surface area contributed by atoms with Crippen LogP contribution >= 0.6 is 0 Å². The molecule has 2 heterocycles. The Hall–Kier alpha value is -2.41. The van der Waals surface area contributed by atoms with E-state index in [1.807, 2.05) is 38.1 Å². The number of hydrogen-bond donors (Lipinski definition) is 1. The van der Waals surface area contributed by atoms with Crippen LogP contribution < -0.4 is 10.2 Å². The molecule has 1 saturated heterocycles. The first kappa shape index (κ1) is 18.4. The summed E-state index contributed by atoms with van der Waals surface area (Å²) >= 11 is 0. The number of nitrogens with zero attached hydrogens (tertiary/aromatic N) is 2. The normalized spacial score (nSPS) is 18.5. The Morgan fingerprint density at radius 2 is 2.12 bits per heavy atom. The van der Waals surface area contributed by atoms with Gasteiger partial charge in [0, 0.05) is 18.2 Å². The topological polar surface area (TPSA) is 79.4 Å². The van der Waals surface area contributed by atoms with E-state index in [1.54, 1.807) is 18.3 Å². The number of hydrogen-bond acceptors (Lipinski definition) is 5. The van der Waals surface area contributed by atoms with Gasteiger partial charge in [-0.3, -0.25) is 4.79 Å². The summed E-state index contributed by atoms with van der Waals surface area (Å²) in [7, 11) is -2.94. The van der Waals surface area contributed by atoms with Gasteiger partial charge in [0.15, 0.2) is 9.84 Å². The highest BCUT2D eigenvalue weighted by atomic mass is 32.2. The van der Waals surface area contributed by atoms with Crippen LogP contribution in [0.2, 0.25) is 0 Å². The molecule has 1 amide bonds. The minimum Gasteiger partial charge on any atom is -0.367 e. The van der Waals surface area contributed by atoms with Crippen LogP contribution in [-0.2, 0) is 9.84 Å². The molecule has 1 unspecified atom stereocenters. The average Bonchev–Trinajstić information content (AvgIpc) is 2.96. The Balaban J connectivity index is 1.70. The third kappa shape index (κ3) is 4.22. The summed E-state index contributed by atoms with van der Waals surface area (Å²) in [5.41, 5.74) is 2.47. The molecular weight excluding hydrogens is 350 g/mol. The molecule has 3 rings (SSSR count). The molecule has 26 heavy (non-hydrogen) atoms. The van der Waals surface area contributed by atoms with Crippen LogP contribution in [0.25, 0.3) is 0 Å². The fourth-order valence-electron chi connectivity index (χ4n) is 3.28. The summed E-state index contributed by atoms with van der Waals surface area (Å²) < 4.78 is 23.5. The molecule has 0 aliphatic carbocycles. The maximum absolute atomic E-state index is 12.3. The third-order valence-electron chi connectivity index (χ3n) is 4.59. The summed E-state index contributed by atoms with van der Waals surface area (Å²) in [6, 6.07) is 11.0. The molecule has 138 valence electrons. The Morgan fingerprint density at radius 1 is 1.31 bits per heavy atom. The van der Waals surface area contributed by atoms with E-state index in [-0.39, 0.29) is 23.5 Å². The first-order valence-corrected chi connectivity index (χ1v) is 10.5. The molecule has 0 bridgehead atoms. The number of aryl methyl sites for hydroxylation is 1. The minimum atomic E-state index is -2.94. The number of carbonyl (C=O) groups excluding carboxylic acids is 1. The second-order valence-electron chi connectivity index (χ2n) is 6.57. The Kier molecular flexibility index (Phi) is 5.27. The van der Waals surface area contributed by atoms with Crippen LogP contribution in [0.3, 0.4) is 0 Å². The molecule has 0 radical (unpaired) electrons. The van der Waals surface area contributed by atoms with E-state index in [2.05, 4.69) is 15.2 Å². The van der Waals surface area contributed by atoms with E-state index >= 15 is 0 Å². The van der Waals surface area contributed by atoms with Crippen molar-refractivity contribution in [2.45, 2.75) is 26.3 Å². The Bertz CT molecular complexity index is 895. The van der Waals surface area contributed by atoms with Gasteiger partial charge in [0.1, 0.15) is 5.82 Å². The van der Waals surface area contributed by atoms with Gasteiger partial charge in [-0.2, -0.15) is 0 Å². The lowest BCUT2D eigenvalue weighted by molar-refractivity contribution is 0.102. The Morgan fingerprint density at radius 3 is 2.69 bits per heavy atom. The summed E-state index contributed by atoms with van der Waals surface area (Å²) in [5, 5.41) is 2.79. The van der Waals surface area contributed by atoms with Crippen LogP contribution in [0.1, 0.15) is 29.3 Å². The first-order valence-electron chi connectivity index (χ1n) is 8.69. The van der Waals surface area contributed by atoms with Crippen molar-refractivity contribution < 1.29 is 13.2 Å². The molecule has 2 aromatic rings. The molecule has 0 spiro atoms. The van der Waals surface area contributed by atoms with Crippen molar-refractivity contribution in [3.8, 4) is 0 Å². The predicted octanol–water partition coefficient (Wildman–Crippen LogP) is 2.66. The number of anilines is 2. The molecule has 1 aliphatic heterocycles. The van der Waals surface area contributed by atoms with Crippen molar-refractivity contribution in [2.75, 3.05) is 28.3 Å². The smallest absolute Gasteiger partial charge is 0.256 e. The summed E-state index contributed by atoms with van der Waals surface area (Å²) in [6.07, 6.45) is 2.32. The van der Waals surface area contributed by atoms with Crippen molar-refractivity contribution in [2.24, 2.45) is 0 Å². The molecular formula is C19H23N3O3S. The lowest BCUT2D eigenvalue weighted by Crippen LogP contribution is -2.36. The van der Waals surface area contributed by atoms with Crippen molar-refractivity contribution >= 4 is 27.2 Å². The van der Waals surface area contributed by atoms with E-state index in [4.69, 9.17) is 0 Å². The summed E-state index contributed by atoms with van der Waals surface area (Å²) in [4.78, 5) is 18.7. The van der Waals surface area contributed by atoms with Crippen LogP contribution in [0, 0.1) is 6.92 Å². The Labute approximate surface area is 154 Å². The van der Waals surface area contributed by atoms with E-state index in [0.29, 0.717) is 24.3 Å². The quantitative estimate of drug-likeness (QED) is 0.872. The van der Waals surface area contributed by atoms with Gasteiger partial charge < -0.3 is 10.2 Å².